The van der Waals surface area contributed by atoms with Crippen molar-refractivity contribution >= 4 is 27.5 Å². The van der Waals surface area contributed by atoms with E-state index in [0.717, 1.165) is 23.1 Å². The van der Waals surface area contributed by atoms with Crippen LogP contribution in [0.1, 0.15) is 34.9 Å². The van der Waals surface area contributed by atoms with Crippen LogP contribution in [0, 0.1) is 0 Å². The molecule has 0 atom stereocenters. The number of carbonyl (C=O) groups excluding carboxylic acids is 1. The molecule has 20 heavy (non-hydrogen) atoms. The third-order valence-corrected chi connectivity index (χ3v) is 3.79. The molecule has 0 bridgehead atoms. The zero-order valence-corrected chi connectivity index (χ0v) is 12.6. The van der Waals surface area contributed by atoms with E-state index in [-0.39, 0.29) is 5.91 Å². The van der Waals surface area contributed by atoms with Crippen LogP contribution >= 0.6 is 15.9 Å². The largest absolute Gasteiger partial charge is 0.495 e. The van der Waals surface area contributed by atoms with Crippen LogP contribution in [0.3, 0.4) is 0 Å². The van der Waals surface area contributed by atoms with E-state index >= 15 is 0 Å². The summed E-state index contributed by atoms with van der Waals surface area (Å²) in [5.41, 5.74) is 1.24. The third kappa shape index (κ3) is 2.58. The van der Waals surface area contributed by atoms with Crippen LogP contribution in [0.2, 0.25) is 0 Å². The lowest BCUT2D eigenvalue weighted by Gasteiger charge is -2.10. The van der Waals surface area contributed by atoms with Gasteiger partial charge in [0.05, 0.1) is 24.6 Å². The van der Waals surface area contributed by atoms with Crippen LogP contribution in [0.4, 0.5) is 5.69 Å². The highest BCUT2D eigenvalue weighted by atomic mass is 79.9. The second-order valence-electron chi connectivity index (χ2n) is 4.77. The highest BCUT2D eigenvalue weighted by molar-refractivity contribution is 9.10. The zero-order chi connectivity index (χ0) is 14.1. The SMILES string of the molecule is COc1ccc(Br)cc1NC(=O)c1ccoc1C1CC1. The molecule has 0 saturated heterocycles. The van der Waals surface area contributed by atoms with E-state index in [0.29, 0.717) is 22.9 Å². The summed E-state index contributed by atoms with van der Waals surface area (Å²) in [7, 11) is 1.58. The second kappa shape index (κ2) is 5.32. The third-order valence-electron chi connectivity index (χ3n) is 3.30. The van der Waals surface area contributed by atoms with Gasteiger partial charge in [0.15, 0.2) is 0 Å². The van der Waals surface area contributed by atoms with E-state index < -0.39 is 0 Å². The first-order chi connectivity index (χ1) is 9.69. The Kier molecular flexibility index (Phi) is 3.53. The van der Waals surface area contributed by atoms with E-state index in [2.05, 4.69) is 21.2 Å². The van der Waals surface area contributed by atoms with Gasteiger partial charge in [0, 0.05) is 10.4 Å². The standard InChI is InChI=1S/C15H14BrNO3/c1-19-13-5-4-10(16)8-12(13)17-15(18)11-6-7-20-14(11)9-2-3-9/h4-9H,2-3H2,1H3,(H,17,18). The van der Waals surface area contributed by atoms with Gasteiger partial charge in [-0.2, -0.15) is 0 Å². The van der Waals surface area contributed by atoms with E-state index in [1.807, 2.05) is 12.1 Å². The van der Waals surface area contributed by atoms with Crippen molar-refractivity contribution in [1.82, 2.24) is 0 Å². The van der Waals surface area contributed by atoms with Crippen molar-refractivity contribution in [2.24, 2.45) is 0 Å². The zero-order valence-electron chi connectivity index (χ0n) is 11.0. The fraction of sp³-hybridized carbons (Fsp3) is 0.267. The average molecular weight is 336 g/mol. The van der Waals surface area contributed by atoms with Gasteiger partial charge in [-0.15, -0.1) is 0 Å². The molecule has 4 nitrogen and oxygen atoms in total. The predicted molar refractivity (Wildman–Crippen MR) is 79.3 cm³/mol. The minimum atomic E-state index is -0.169. The Morgan fingerprint density at radius 1 is 1.40 bits per heavy atom. The minimum absolute atomic E-state index is 0.169. The summed E-state index contributed by atoms with van der Waals surface area (Å²) in [6.07, 6.45) is 3.75. The van der Waals surface area contributed by atoms with Crippen LogP contribution in [-0.4, -0.2) is 13.0 Å². The van der Waals surface area contributed by atoms with Gasteiger partial charge in [-0.1, -0.05) is 15.9 Å². The Morgan fingerprint density at radius 3 is 2.90 bits per heavy atom. The summed E-state index contributed by atoms with van der Waals surface area (Å²) in [6, 6.07) is 7.19. The van der Waals surface area contributed by atoms with Crippen molar-refractivity contribution in [2.75, 3.05) is 12.4 Å². The van der Waals surface area contributed by atoms with Crippen LogP contribution in [-0.2, 0) is 0 Å². The van der Waals surface area contributed by atoms with Crippen LogP contribution < -0.4 is 10.1 Å². The fourth-order valence-electron chi connectivity index (χ4n) is 2.14. The smallest absolute Gasteiger partial charge is 0.259 e. The maximum absolute atomic E-state index is 12.4. The van der Waals surface area contributed by atoms with Crippen molar-refractivity contribution in [2.45, 2.75) is 18.8 Å². The molecule has 1 aromatic heterocycles. The molecule has 1 aliphatic rings. The van der Waals surface area contributed by atoms with E-state index in [4.69, 9.17) is 9.15 Å². The van der Waals surface area contributed by atoms with Crippen molar-refractivity contribution in [3.63, 3.8) is 0 Å². The molecule has 1 amide bonds. The molecule has 1 aromatic carbocycles. The number of nitrogens with one attached hydrogen (secondary N) is 1. The molecule has 1 saturated carbocycles. The Labute approximate surface area is 125 Å². The number of amides is 1. The van der Waals surface area contributed by atoms with Crippen molar-refractivity contribution < 1.29 is 13.9 Å². The van der Waals surface area contributed by atoms with Gasteiger partial charge in [0.2, 0.25) is 0 Å². The molecule has 1 fully saturated rings. The topological polar surface area (TPSA) is 51.5 Å². The average Bonchev–Trinajstić information content (AvgIpc) is 3.16. The molecule has 104 valence electrons. The first-order valence-corrected chi connectivity index (χ1v) is 7.20. The molecule has 5 heteroatoms. The van der Waals surface area contributed by atoms with Crippen LogP contribution in [0.25, 0.3) is 0 Å². The number of anilines is 1. The van der Waals surface area contributed by atoms with Gasteiger partial charge in [-0.05, 0) is 37.1 Å². The predicted octanol–water partition coefficient (Wildman–Crippen LogP) is 4.18. The highest BCUT2D eigenvalue weighted by Crippen LogP contribution is 2.42. The number of halogens is 1. The lowest BCUT2D eigenvalue weighted by atomic mass is 10.1. The molecular formula is C15H14BrNO3. The molecule has 1 aliphatic carbocycles. The molecule has 0 radical (unpaired) electrons. The first kappa shape index (κ1) is 13.2. The molecule has 1 N–H and O–H groups in total. The summed E-state index contributed by atoms with van der Waals surface area (Å²) >= 11 is 3.39. The van der Waals surface area contributed by atoms with Crippen LogP contribution in [0.5, 0.6) is 5.75 Å². The minimum Gasteiger partial charge on any atom is -0.495 e. The molecule has 1 heterocycles. The lowest BCUT2D eigenvalue weighted by Crippen LogP contribution is -2.13. The summed E-state index contributed by atoms with van der Waals surface area (Å²) in [5.74, 6) is 1.64. The van der Waals surface area contributed by atoms with Gasteiger partial charge < -0.3 is 14.5 Å². The van der Waals surface area contributed by atoms with E-state index in [1.165, 1.54) is 0 Å². The molecule has 2 aromatic rings. The number of methoxy groups -OCH3 is 1. The van der Waals surface area contributed by atoms with Gasteiger partial charge in [-0.25, -0.2) is 0 Å². The van der Waals surface area contributed by atoms with Crippen molar-refractivity contribution in [1.29, 1.82) is 0 Å². The van der Waals surface area contributed by atoms with Crippen molar-refractivity contribution in [3.05, 3.63) is 46.3 Å². The van der Waals surface area contributed by atoms with Crippen LogP contribution in [0.15, 0.2) is 39.4 Å². The van der Waals surface area contributed by atoms with E-state index in [1.54, 1.807) is 25.5 Å². The normalized spacial score (nSPS) is 14.1. The summed E-state index contributed by atoms with van der Waals surface area (Å²) in [5, 5.41) is 2.87. The maximum Gasteiger partial charge on any atom is 0.259 e. The summed E-state index contributed by atoms with van der Waals surface area (Å²) < 4.78 is 11.6. The maximum atomic E-state index is 12.4. The molecular weight excluding hydrogens is 322 g/mol. The second-order valence-corrected chi connectivity index (χ2v) is 5.69. The number of hydrogen-bond acceptors (Lipinski definition) is 3. The quantitative estimate of drug-likeness (QED) is 0.911. The number of benzene rings is 1. The first-order valence-electron chi connectivity index (χ1n) is 6.41. The Balaban J connectivity index is 1.85. The lowest BCUT2D eigenvalue weighted by molar-refractivity contribution is 0.102. The Hall–Kier alpha value is -1.75. The fourth-order valence-corrected chi connectivity index (χ4v) is 2.50. The monoisotopic (exact) mass is 335 g/mol. The summed E-state index contributed by atoms with van der Waals surface area (Å²) in [4.78, 5) is 12.4. The molecule has 0 spiro atoms. The molecule has 0 aliphatic heterocycles. The Bertz CT molecular complexity index is 646. The van der Waals surface area contributed by atoms with Gasteiger partial charge in [0.25, 0.3) is 5.91 Å². The number of furan rings is 1. The number of hydrogen-bond donors (Lipinski definition) is 1. The highest BCUT2D eigenvalue weighted by Gasteiger charge is 2.31. The van der Waals surface area contributed by atoms with Crippen molar-refractivity contribution in [3.8, 4) is 5.75 Å². The Morgan fingerprint density at radius 2 is 2.20 bits per heavy atom. The van der Waals surface area contributed by atoms with Gasteiger partial charge in [0.1, 0.15) is 11.5 Å². The molecule has 3 rings (SSSR count). The summed E-state index contributed by atoms with van der Waals surface area (Å²) in [6.45, 7) is 0. The van der Waals surface area contributed by atoms with Gasteiger partial charge >= 0.3 is 0 Å². The van der Waals surface area contributed by atoms with Gasteiger partial charge in [-0.3, -0.25) is 4.79 Å². The number of rotatable bonds is 4. The van der Waals surface area contributed by atoms with E-state index in [9.17, 15) is 4.79 Å². The number of ether oxygens (including phenoxy) is 1. The molecule has 0 unspecified atom stereocenters. The number of carbonyl (C=O) groups is 1.